The number of aliphatic carboxylic acids is 2. The average Bonchev–Trinajstić information content (AvgIpc) is 2.27. The summed E-state index contributed by atoms with van der Waals surface area (Å²) in [6.45, 7) is 10.4. The Labute approximate surface area is 115 Å². The third-order valence-corrected chi connectivity index (χ3v) is 4.60. The Balaban J connectivity index is 6.20. The first-order valence-corrected chi connectivity index (χ1v) is 6.59. The lowest BCUT2D eigenvalue weighted by molar-refractivity contribution is -0.185. The lowest BCUT2D eigenvalue weighted by atomic mass is 9.51. The SMILES string of the molecule is CC=CCC(CC)(C(=O)O)C(C)(C(=O)O)C(C)(C)C. The Morgan fingerprint density at radius 1 is 1.05 bits per heavy atom. The van der Waals surface area contributed by atoms with Gasteiger partial charge in [0, 0.05) is 0 Å². The van der Waals surface area contributed by atoms with Crippen LogP contribution in [0.3, 0.4) is 0 Å². The molecule has 0 saturated carbocycles. The summed E-state index contributed by atoms with van der Waals surface area (Å²) in [4.78, 5) is 23.7. The Hall–Kier alpha value is -1.32. The van der Waals surface area contributed by atoms with Crippen LogP contribution in [0.2, 0.25) is 0 Å². The lowest BCUT2D eigenvalue weighted by Crippen LogP contribution is -2.57. The van der Waals surface area contributed by atoms with E-state index in [0.29, 0.717) is 0 Å². The molecule has 2 N–H and O–H groups in total. The fraction of sp³-hybridized carbons (Fsp3) is 0.733. The zero-order chi connectivity index (χ0) is 15.5. The third-order valence-electron chi connectivity index (χ3n) is 4.60. The molecule has 19 heavy (non-hydrogen) atoms. The molecule has 2 unspecified atom stereocenters. The number of rotatable bonds is 6. The van der Waals surface area contributed by atoms with Gasteiger partial charge in [-0.3, -0.25) is 9.59 Å². The summed E-state index contributed by atoms with van der Waals surface area (Å²) in [5.41, 5.74) is -3.35. The van der Waals surface area contributed by atoms with Gasteiger partial charge in [0.1, 0.15) is 0 Å². The van der Waals surface area contributed by atoms with E-state index in [-0.39, 0.29) is 12.8 Å². The fourth-order valence-electron chi connectivity index (χ4n) is 2.72. The van der Waals surface area contributed by atoms with Crippen molar-refractivity contribution in [1.82, 2.24) is 0 Å². The predicted molar refractivity (Wildman–Crippen MR) is 75.0 cm³/mol. The van der Waals surface area contributed by atoms with Crippen LogP contribution >= 0.6 is 0 Å². The van der Waals surface area contributed by atoms with Crippen LogP contribution in [-0.4, -0.2) is 22.2 Å². The van der Waals surface area contributed by atoms with E-state index in [1.807, 2.05) is 0 Å². The monoisotopic (exact) mass is 270 g/mol. The van der Waals surface area contributed by atoms with Crippen molar-refractivity contribution in [2.24, 2.45) is 16.2 Å². The first-order valence-electron chi connectivity index (χ1n) is 6.59. The Morgan fingerprint density at radius 3 is 1.74 bits per heavy atom. The Kier molecular flexibility index (Phi) is 5.36. The van der Waals surface area contributed by atoms with Gasteiger partial charge in [0.15, 0.2) is 0 Å². The van der Waals surface area contributed by atoms with Crippen molar-refractivity contribution in [3.05, 3.63) is 12.2 Å². The highest BCUT2D eigenvalue weighted by atomic mass is 16.4. The number of allylic oxidation sites excluding steroid dienone is 2. The summed E-state index contributed by atoms with van der Waals surface area (Å²) >= 11 is 0. The summed E-state index contributed by atoms with van der Waals surface area (Å²) < 4.78 is 0. The highest BCUT2D eigenvalue weighted by Crippen LogP contribution is 2.55. The molecule has 0 aromatic rings. The molecule has 0 radical (unpaired) electrons. The molecule has 0 fully saturated rings. The fourth-order valence-corrected chi connectivity index (χ4v) is 2.72. The maximum Gasteiger partial charge on any atom is 0.311 e. The van der Waals surface area contributed by atoms with E-state index in [1.165, 1.54) is 0 Å². The van der Waals surface area contributed by atoms with Crippen molar-refractivity contribution in [2.75, 3.05) is 0 Å². The molecule has 0 aliphatic carbocycles. The minimum Gasteiger partial charge on any atom is -0.481 e. The van der Waals surface area contributed by atoms with Gasteiger partial charge in [0.2, 0.25) is 0 Å². The quantitative estimate of drug-likeness (QED) is 0.723. The first-order chi connectivity index (χ1) is 8.51. The van der Waals surface area contributed by atoms with Crippen molar-refractivity contribution >= 4 is 11.9 Å². The highest BCUT2D eigenvalue weighted by Gasteiger charge is 2.62. The zero-order valence-electron chi connectivity index (χ0n) is 12.8. The van der Waals surface area contributed by atoms with Gasteiger partial charge in [-0.1, -0.05) is 39.8 Å². The Morgan fingerprint density at radius 2 is 1.53 bits per heavy atom. The van der Waals surface area contributed by atoms with Crippen LogP contribution in [-0.2, 0) is 9.59 Å². The van der Waals surface area contributed by atoms with E-state index in [2.05, 4.69) is 0 Å². The van der Waals surface area contributed by atoms with Gasteiger partial charge < -0.3 is 10.2 Å². The summed E-state index contributed by atoms with van der Waals surface area (Å²) in [5.74, 6) is -2.11. The number of hydrogen-bond acceptors (Lipinski definition) is 2. The summed E-state index contributed by atoms with van der Waals surface area (Å²) in [7, 11) is 0. The molecule has 4 heteroatoms. The summed E-state index contributed by atoms with van der Waals surface area (Å²) in [6, 6.07) is 0. The van der Waals surface area contributed by atoms with Crippen LogP contribution in [0.25, 0.3) is 0 Å². The normalized spacial score (nSPS) is 18.8. The molecule has 0 aromatic heterocycles. The Bertz CT molecular complexity index is 378. The van der Waals surface area contributed by atoms with Crippen LogP contribution in [0.15, 0.2) is 12.2 Å². The lowest BCUT2D eigenvalue weighted by Gasteiger charge is -2.50. The van der Waals surface area contributed by atoms with Gasteiger partial charge in [-0.15, -0.1) is 0 Å². The molecule has 2 atom stereocenters. The molecule has 0 amide bonds. The summed E-state index contributed by atoms with van der Waals surface area (Å²) in [6.07, 6.45) is 3.99. The van der Waals surface area contributed by atoms with Crippen molar-refractivity contribution in [3.8, 4) is 0 Å². The van der Waals surface area contributed by atoms with Crippen LogP contribution in [0, 0.1) is 16.2 Å². The second kappa shape index (κ2) is 5.76. The number of hydrogen-bond donors (Lipinski definition) is 2. The van der Waals surface area contributed by atoms with E-state index in [0.717, 1.165) is 0 Å². The van der Waals surface area contributed by atoms with Gasteiger partial charge in [0.05, 0.1) is 10.8 Å². The molecule has 0 bridgehead atoms. The molecule has 0 aromatic carbocycles. The van der Waals surface area contributed by atoms with Gasteiger partial charge in [-0.25, -0.2) is 0 Å². The number of carbonyl (C=O) groups is 2. The molecule has 0 spiro atoms. The van der Waals surface area contributed by atoms with E-state index < -0.39 is 28.2 Å². The molecule has 0 aliphatic heterocycles. The largest absolute Gasteiger partial charge is 0.481 e. The smallest absolute Gasteiger partial charge is 0.311 e. The highest BCUT2D eigenvalue weighted by molar-refractivity contribution is 5.87. The van der Waals surface area contributed by atoms with Crippen molar-refractivity contribution in [2.45, 2.75) is 54.4 Å². The number of carboxylic acid groups (broad SMARTS) is 2. The zero-order valence-corrected chi connectivity index (χ0v) is 12.8. The van der Waals surface area contributed by atoms with E-state index in [1.54, 1.807) is 53.7 Å². The van der Waals surface area contributed by atoms with Crippen LogP contribution in [0.4, 0.5) is 0 Å². The van der Waals surface area contributed by atoms with E-state index in [9.17, 15) is 19.8 Å². The van der Waals surface area contributed by atoms with Gasteiger partial charge in [-0.2, -0.15) is 0 Å². The van der Waals surface area contributed by atoms with Crippen LogP contribution in [0.5, 0.6) is 0 Å². The summed E-state index contributed by atoms with van der Waals surface area (Å²) in [5, 5.41) is 19.4. The van der Waals surface area contributed by atoms with Gasteiger partial charge >= 0.3 is 11.9 Å². The van der Waals surface area contributed by atoms with Gasteiger partial charge in [-0.05, 0) is 32.1 Å². The average molecular weight is 270 g/mol. The standard InChI is InChI=1S/C15H26O4/c1-7-9-10-15(8-2,12(18)19)14(6,11(16)17)13(3,4)5/h7,9H,8,10H2,1-6H3,(H,16,17)(H,18,19). The minimum absolute atomic E-state index is 0.218. The molecular formula is C15H26O4. The molecule has 110 valence electrons. The molecule has 0 rings (SSSR count). The third kappa shape index (κ3) is 2.67. The molecule has 0 aliphatic rings. The van der Waals surface area contributed by atoms with Gasteiger partial charge in [0.25, 0.3) is 0 Å². The predicted octanol–water partition coefficient (Wildman–Crippen LogP) is 3.57. The van der Waals surface area contributed by atoms with E-state index in [4.69, 9.17) is 0 Å². The second-order valence-electron chi connectivity index (χ2n) is 6.19. The van der Waals surface area contributed by atoms with Crippen molar-refractivity contribution in [3.63, 3.8) is 0 Å². The van der Waals surface area contributed by atoms with E-state index >= 15 is 0 Å². The molecular weight excluding hydrogens is 244 g/mol. The topological polar surface area (TPSA) is 74.6 Å². The van der Waals surface area contributed by atoms with Crippen LogP contribution in [0.1, 0.15) is 54.4 Å². The minimum atomic E-state index is -1.36. The molecule has 0 heterocycles. The molecule has 0 saturated heterocycles. The van der Waals surface area contributed by atoms with Crippen molar-refractivity contribution < 1.29 is 19.8 Å². The molecule has 4 nitrogen and oxygen atoms in total. The first kappa shape index (κ1) is 17.7. The number of carboxylic acids is 2. The maximum atomic E-state index is 11.9. The van der Waals surface area contributed by atoms with Crippen LogP contribution < -0.4 is 0 Å². The second-order valence-corrected chi connectivity index (χ2v) is 6.19. The van der Waals surface area contributed by atoms with Crippen molar-refractivity contribution in [1.29, 1.82) is 0 Å². The maximum absolute atomic E-state index is 11.9.